The van der Waals surface area contributed by atoms with Crippen LogP contribution in [0.2, 0.25) is 0 Å². The molecule has 2 aromatic carbocycles. The number of rotatable bonds is 4. The van der Waals surface area contributed by atoms with Crippen LogP contribution >= 0.6 is 11.3 Å². The van der Waals surface area contributed by atoms with Crippen molar-refractivity contribution < 1.29 is 9.53 Å². The lowest BCUT2D eigenvalue weighted by Gasteiger charge is -2.29. The van der Waals surface area contributed by atoms with Crippen molar-refractivity contribution in [2.45, 2.75) is 0 Å². The van der Waals surface area contributed by atoms with Gasteiger partial charge in [0.25, 0.3) is 5.91 Å². The Kier molecular flexibility index (Phi) is 4.95. The summed E-state index contributed by atoms with van der Waals surface area (Å²) >= 11 is 1.47. The molecule has 0 unspecified atom stereocenters. The van der Waals surface area contributed by atoms with E-state index in [0.717, 1.165) is 48.2 Å². The summed E-state index contributed by atoms with van der Waals surface area (Å²) < 4.78 is 5.39. The molecule has 132 valence electrons. The zero-order valence-electron chi connectivity index (χ0n) is 14.2. The Labute approximate surface area is 156 Å². The van der Waals surface area contributed by atoms with Crippen molar-refractivity contribution in [2.24, 2.45) is 0 Å². The molecule has 0 spiro atoms. The Morgan fingerprint density at radius 2 is 1.88 bits per heavy atom. The quantitative estimate of drug-likeness (QED) is 0.762. The zero-order chi connectivity index (χ0) is 17.8. The molecule has 1 aromatic heterocycles. The minimum atomic E-state index is -0.192. The Morgan fingerprint density at radius 1 is 1.08 bits per heavy atom. The van der Waals surface area contributed by atoms with Gasteiger partial charge in [0.1, 0.15) is 10.7 Å². The third-order valence-electron chi connectivity index (χ3n) is 4.24. The number of thiazole rings is 1. The summed E-state index contributed by atoms with van der Waals surface area (Å²) in [5, 5.41) is 5.59. The number of amides is 1. The molecule has 1 fully saturated rings. The fraction of sp³-hybridized carbons (Fsp3) is 0.200. The predicted molar refractivity (Wildman–Crippen MR) is 105 cm³/mol. The molecular formula is C20H19N3O2S. The fourth-order valence-corrected chi connectivity index (χ4v) is 3.69. The minimum absolute atomic E-state index is 0.192. The van der Waals surface area contributed by atoms with Gasteiger partial charge in [0.15, 0.2) is 0 Å². The van der Waals surface area contributed by atoms with E-state index in [1.165, 1.54) is 11.3 Å². The molecule has 0 bridgehead atoms. The van der Waals surface area contributed by atoms with Crippen LogP contribution in [0.5, 0.6) is 0 Å². The van der Waals surface area contributed by atoms with E-state index in [9.17, 15) is 4.79 Å². The Bertz CT molecular complexity index is 889. The van der Waals surface area contributed by atoms with Gasteiger partial charge in [-0.3, -0.25) is 4.79 Å². The third kappa shape index (κ3) is 3.76. The van der Waals surface area contributed by atoms with Crippen LogP contribution in [0.15, 0.2) is 60.0 Å². The van der Waals surface area contributed by atoms with E-state index in [-0.39, 0.29) is 5.91 Å². The van der Waals surface area contributed by atoms with Crippen LogP contribution in [0.25, 0.3) is 10.6 Å². The lowest BCUT2D eigenvalue weighted by Crippen LogP contribution is -2.36. The first-order valence-electron chi connectivity index (χ1n) is 8.55. The van der Waals surface area contributed by atoms with Crippen molar-refractivity contribution in [3.63, 3.8) is 0 Å². The number of carbonyl (C=O) groups excluding carboxylic acids is 1. The molecule has 1 aliphatic rings. The Balaban J connectivity index is 1.47. The minimum Gasteiger partial charge on any atom is -0.378 e. The zero-order valence-corrected chi connectivity index (χ0v) is 15.0. The molecule has 1 aliphatic heterocycles. The number of benzene rings is 2. The highest BCUT2D eigenvalue weighted by Gasteiger charge is 2.14. The van der Waals surface area contributed by atoms with Gasteiger partial charge < -0.3 is 15.0 Å². The Hall–Kier alpha value is -2.70. The molecule has 26 heavy (non-hydrogen) atoms. The average Bonchev–Trinajstić information content (AvgIpc) is 3.20. The number of morpholine rings is 1. The number of hydrogen-bond donors (Lipinski definition) is 1. The smallest absolute Gasteiger partial charge is 0.275 e. The lowest BCUT2D eigenvalue weighted by molar-refractivity contribution is 0.102. The molecule has 0 aliphatic carbocycles. The van der Waals surface area contributed by atoms with Crippen LogP contribution in [0.3, 0.4) is 0 Å². The monoisotopic (exact) mass is 365 g/mol. The van der Waals surface area contributed by atoms with E-state index in [2.05, 4.69) is 21.3 Å². The fourth-order valence-electron chi connectivity index (χ4n) is 2.89. The van der Waals surface area contributed by atoms with Crippen LogP contribution in [-0.4, -0.2) is 37.2 Å². The number of aromatic nitrogens is 1. The molecule has 2 heterocycles. The van der Waals surface area contributed by atoms with E-state index >= 15 is 0 Å². The summed E-state index contributed by atoms with van der Waals surface area (Å²) in [6.07, 6.45) is 0. The van der Waals surface area contributed by atoms with Gasteiger partial charge in [0.05, 0.1) is 13.2 Å². The number of anilines is 2. The van der Waals surface area contributed by atoms with Crippen LogP contribution < -0.4 is 10.2 Å². The van der Waals surface area contributed by atoms with Crippen LogP contribution in [0.1, 0.15) is 10.5 Å². The summed E-state index contributed by atoms with van der Waals surface area (Å²) in [7, 11) is 0. The average molecular weight is 365 g/mol. The second-order valence-corrected chi connectivity index (χ2v) is 6.87. The lowest BCUT2D eigenvalue weighted by atomic mass is 10.2. The van der Waals surface area contributed by atoms with Crippen LogP contribution in [0.4, 0.5) is 11.4 Å². The van der Waals surface area contributed by atoms with Crippen molar-refractivity contribution in [1.82, 2.24) is 4.98 Å². The first kappa shape index (κ1) is 16.8. The van der Waals surface area contributed by atoms with Crippen molar-refractivity contribution in [3.05, 3.63) is 65.7 Å². The predicted octanol–water partition coefficient (Wildman–Crippen LogP) is 3.90. The second-order valence-electron chi connectivity index (χ2n) is 6.01. The summed E-state index contributed by atoms with van der Waals surface area (Å²) in [5.41, 5.74) is 3.32. The normalized spacial score (nSPS) is 14.2. The van der Waals surface area contributed by atoms with Crippen LogP contribution in [0, 0.1) is 0 Å². The van der Waals surface area contributed by atoms with Crippen molar-refractivity contribution in [1.29, 1.82) is 0 Å². The number of hydrogen-bond acceptors (Lipinski definition) is 5. The maximum Gasteiger partial charge on any atom is 0.275 e. The van der Waals surface area contributed by atoms with Gasteiger partial charge in [-0.1, -0.05) is 36.4 Å². The van der Waals surface area contributed by atoms with Gasteiger partial charge in [-0.2, -0.15) is 0 Å². The summed E-state index contributed by atoms with van der Waals surface area (Å²) in [6, 6.07) is 17.8. The van der Waals surface area contributed by atoms with Crippen molar-refractivity contribution in [3.8, 4) is 10.6 Å². The maximum atomic E-state index is 12.5. The van der Waals surface area contributed by atoms with Gasteiger partial charge in [0.2, 0.25) is 0 Å². The molecule has 0 saturated carbocycles. The van der Waals surface area contributed by atoms with E-state index in [1.807, 2.05) is 48.5 Å². The molecule has 1 amide bonds. The molecule has 6 heteroatoms. The molecular weight excluding hydrogens is 346 g/mol. The van der Waals surface area contributed by atoms with E-state index in [1.54, 1.807) is 5.38 Å². The van der Waals surface area contributed by atoms with Gasteiger partial charge in [-0.15, -0.1) is 11.3 Å². The molecule has 1 N–H and O–H groups in total. The van der Waals surface area contributed by atoms with Gasteiger partial charge in [-0.25, -0.2) is 4.98 Å². The van der Waals surface area contributed by atoms with Crippen LogP contribution in [-0.2, 0) is 4.74 Å². The largest absolute Gasteiger partial charge is 0.378 e. The molecule has 5 nitrogen and oxygen atoms in total. The summed E-state index contributed by atoms with van der Waals surface area (Å²) in [4.78, 5) is 19.3. The standard InChI is InChI=1S/C20H19N3O2S/c24-19(18-14-26-20(22-18)15-5-2-1-3-6-15)21-16-7-4-8-17(13-16)23-9-11-25-12-10-23/h1-8,13-14H,9-12H2,(H,21,24). The summed E-state index contributed by atoms with van der Waals surface area (Å²) in [6.45, 7) is 3.20. The molecule has 0 radical (unpaired) electrons. The van der Waals surface area contributed by atoms with E-state index < -0.39 is 0 Å². The highest BCUT2D eigenvalue weighted by molar-refractivity contribution is 7.13. The third-order valence-corrected chi connectivity index (χ3v) is 5.13. The molecule has 3 aromatic rings. The van der Waals surface area contributed by atoms with Gasteiger partial charge >= 0.3 is 0 Å². The first-order chi connectivity index (χ1) is 12.8. The van der Waals surface area contributed by atoms with Crippen molar-refractivity contribution in [2.75, 3.05) is 36.5 Å². The molecule has 4 rings (SSSR count). The molecule has 1 saturated heterocycles. The SMILES string of the molecule is O=C(Nc1cccc(N2CCOCC2)c1)c1csc(-c2ccccc2)n1. The van der Waals surface area contributed by atoms with E-state index in [0.29, 0.717) is 5.69 Å². The number of ether oxygens (including phenoxy) is 1. The Morgan fingerprint density at radius 3 is 2.69 bits per heavy atom. The maximum absolute atomic E-state index is 12.5. The topological polar surface area (TPSA) is 54.5 Å². The highest BCUT2D eigenvalue weighted by atomic mass is 32.1. The first-order valence-corrected chi connectivity index (χ1v) is 9.42. The van der Waals surface area contributed by atoms with E-state index in [4.69, 9.17) is 4.74 Å². The number of carbonyl (C=O) groups is 1. The number of nitrogens with zero attached hydrogens (tertiary/aromatic N) is 2. The van der Waals surface area contributed by atoms with Gasteiger partial charge in [-0.05, 0) is 18.2 Å². The van der Waals surface area contributed by atoms with Crippen molar-refractivity contribution >= 4 is 28.6 Å². The highest BCUT2D eigenvalue weighted by Crippen LogP contribution is 2.25. The number of nitrogens with one attached hydrogen (secondary N) is 1. The second kappa shape index (κ2) is 7.68. The summed E-state index contributed by atoms with van der Waals surface area (Å²) in [5.74, 6) is -0.192. The van der Waals surface area contributed by atoms with Gasteiger partial charge in [0, 0.05) is 35.4 Å². The molecule has 0 atom stereocenters.